The van der Waals surface area contributed by atoms with Gasteiger partial charge in [0.15, 0.2) is 5.69 Å². The minimum atomic E-state index is -1.07. The molecule has 0 aliphatic rings. The minimum absolute atomic E-state index is 0.0335. The smallest absolute Gasteiger partial charge is 0.358 e. The van der Waals surface area contributed by atoms with Gasteiger partial charge in [-0.3, -0.25) is 0 Å². The fraction of sp³-hybridized carbons (Fsp3) is 0.333. The molecular formula is C15H17NO3. The fourth-order valence-electron chi connectivity index (χ4n) is 2.07. The van der Waals surface area contributed by atoms with Crippen LogP contribution in [0.1, 0.15) is 48.0 Å². The Balaban J connectivity index is 2.43. The maximum Gasteiger partial charge on any atom is 0.358 e. The van der Waals surface area contributed by atoms with E-state index in [1.165, 1.54) is 5.56 Å². The first kappa shape index (κ1) is 13.3. The van der Waals surface area contributed by atoms with Crippen molar-refractivity contribution < 1.29 is 14.4 Å². The van der Waals surface area contributed by atoms with Crippen LogP contribution in [0.25, 0.3) is 11.1 Å². The monoisotopic (exact) mass is 259 g/mol. The van der Waals surface area contributed by atoms with Crippen LogP contribution < -0.4 is 0 Å². The van der Waals surface area contributed by atoms with Gasteiger partial charge in [0.1, 0.15) is 5.76 Å². The third kappa shape index (κ3) is 2.52. The van der Waals surface area contributed by atoms with Crippen molar-refractivity contribution in [3.63, 3.8) is 0 Å². The maximum atomic E-state index is 11.1. The van der Waals surface area contributed by atoms with Gasteiger partial charge in [0.2, 0.25) is 0 Å². The molecule has 1 aromatic heterocycles. The van der Waals surface area contributed by atoms with Gasteiger partial charge in [0.05, 0.1) is 5.56 Å². The molecule has 4 nitrogen and oxygen atoms in total. The summed E-state index contributed by atoms with van der Waals surface area (Å²) in [6, 6.07) is 7.91. The standard InChI is InChI=1S/C15H17NO3/c1-4-9(2)11-5-7-12(8-6-11)13-10(3)19-16-14(13)15(17)18/h5-9H,4H2,1-3H3,(H,17,18). The van der Waals surface area contributed by atoms with Crippen LogP contribution in [0.3, 0.4) is 0 Å². The quantitative estimate of drug-likeness (QED) is 0.905. The highest BCUT2D eigenvalue weighted by molar-refractivity contribution is 5.94. The van der Waals surface area contributed by atoms with Gasteiger partial charge < -0.3 is 9.63 Å². The lowest BCUT2D eigenvalue weighted by Gasteiger charge is -2.09. The molecule has 100 valence electrons. The molecule has 0 bridgehead atoms. The molecule has 1 unspecified atom stereocenters. The Labute approximate surface area is 112 Å². The van der Waals surface area contributed by atoms with Gasteiger partial charge in [-0.15, -0.1) is 0 Å². The Morgan fingerprint density at radius 2 is 2.00 bits per heavy atom. The number of carbonyl (C=O) groups is 1. The lowest BCUT2D eigenvalue weighted by Crippen LogP contribution is -1.99. The van der Waals surface area contributed by atoms with Crippen LogP contribution in [0.5, 0.6) is 0 Å². The summed E-state index contributed by atoms with van der Waals surface area (Å²) in [6.45, 7) is 6.03. The van der Waals surface area contributed by atoms with Crippen molar-refractivity contribution in [2.45, 2.75) is 33.1 Å². The number of carboxylic acids is 1. The van der Waals surface area contributed by atoms with Gasteiger partial charge in [0.25, 0.3) is 0 Å². The number of carboxylic acid groups (broad SMARTS) is 1. The molecule has 0 spiro atoms. The molecule has 0 aliphatic carbocycles. The molecular weight excluding hydrogens is 242 g/mol. The normalized spacial score (nSPS) is 12.4. The third-order valence-electron chi connectivity index (χ3n) is 3.45. The van der Waals surface area contributed by atoms with Crippen LogP contribution in [0, 0.1) is 6.92 Å². The Morgan fingerprint density at radius 3 is 2.53 bits per heavy atom. The molecule has 2 rings (SSSR count). The van der Waals surface area contributed by atoms with E-state index in [1.807, 2.05) is 24.3 Å². The molecule has 0 radical (unpaired) electrons. The van der Waals surface area contributed by atoms with Crippen molar-refractivity contribution in [1.29, 1.82) is 0 Å². The number of nitrogens with zero attached hydrogens (tertiary/aromatic N) is 1. The zero-order valence-electron chi connectivity index (χ0n) is 11.3. The van der Waals surface area contributed by atoms with Gasteiger partial charge in [-0.05, 0) is 30.4 Å². The molecule has 0 saturated carbocycles. The number of benzene rings is 1. The number of hydrogen-bond acceptors (Lipinski definition) is 3. The van der Waals surface area contributed by atoms with E-state index >= 15 is 0 Å². The topological polar surface area (TPSA) is 63.3 Å². The van der Waals surface area contributed by atoms with E-state index in [9.17, 15) is 4.79 Å². The lowest BCUT2D eigenvalue weighted by molar-refractivity contribution is 0.0686. The zero-order valence-corrected chi connectivity index (χ0v) is 11.3. The van der Waals surface area contributed by atoms with Crippen LogP contribution in [0.15, 0.2) is 28.8 Å². The predicted octanol–water partition coefficient (Wildman–Crippen LogP) is 3.86. The average molecular weight is 259 g/mol. The van der Waals surface area contributed by atoms with E-state index in [0.717, 1.165) is 12.0 Å². The molecule has 0 amide bonds. The van der Waals surface area contributed by atoms with Crippen LogP contribution in [-0.4, -0.2) is 16.2 Å². The van der Waals surface area contributed by atoms with Gasteiger partial charge in [-0.2, -0.15) is 0 Å². The molecule has 0 fully saturated rings. The van der Waals surface area contributed by atoms with Crippen molar-refractivity contribution >= 4 is 5.97 Å². The Hall–Kier alpha value is -2.10. The van der Waals surface area contributed by atoms with E-state index in [1.54, 1.807) is 6.92 Å². The van der Waals surface area contributed by atoms with Crippen molar-refractivity contribution in [3.05, 3.63) is 41.3 Å². The highest BCUT2D eigenvalue weighted by Gasteiger charge is 2.20. The first-order chi connectivity index (χ1) is 9.04. The number of rotatable bonds is 4. The Bertz CT molecular complexity index is 584. The summed E-state index contributed by atoms with van der Waals surface area (Å²) < 4.78 is 4.98. The first-order valence-corrected chi connectivity index (χ1v) is 6.34. The van der Waals surface area contributed by atoms with Crippen LogP contribution in [0.2, 0.25) is 0 Å². The largest absolute Gasteiger partial charge is 0.476 e. The highest BCUT2D eigenvalue weighted by atomic mass is 16.5. The first-order valence-electron chi connectivity index (χ1n) is 6.34. The summed E-state index contributed by atoms with van der Waals surface area (Å²) in [5.74, 6) is -0.0527. The molecule has 0 saturated heterocycles. The number of aromatic carboxylic acids is 1. The molecule has 1 aromatic carbocycles. The summed E-state index contributed by atoms with van der Waals surface area (Å²) in [7, 11) is 0. The molecule has 4 heteroatoms. The molecule has 1 heterocycles. The SMILES string of the molecule is CCC(C)c1ccc(-c2c(C(=O)O)noc2C)cc1. The average Bonchev–Trinajstić information content (AvgIpc) is 2.80. The summed E-state index contributed by atoms with van der Waals surface area (Å²) >= 11 is 0. The summed E-state index contributed by atoms with van der Waals surface area (Å²) in [5, 5.41) is 12.7. The summed E-state index contributed by atoms with van der Waals surface area (Å²) in [5.41, 5.74) is 2.59. The van der Waals surface area contributed by atoms with Gasteiger partial charge >= 0.3 is 5.97 Å². The van der Waals surface area contributed by atoms with Crippen LogP contribution in [0.4, 0.5) is 0 Å². The van der Waals surface area contributed by atoms with Crippen molar-refractivity contribution in [1.82, 2.24) is 5.16 Å². The van der Waals surface area contributed by atoms with E-state index in [4.69, 9.17) is 9.63 Å². The Kier molecular flexibility index (Phi) is 3.69. The predicted molar refractivity (Wildman–Crippen MR) is 72.3 cm³/mol. The van der Waals surface area contributed by atoms with Gasteiger partial charge in [-0.1, -0.05) is 43.3 Å². The van der Waals surface area contributed by atoms with E-state index < -0.39 is 5.97 Å². The van der Waals surface area contributed by atoms with Crippen LogP contribution >= 0.6 is 0 Å². The fourth-order valence-corrected chi connectivity index (χ4v) is 2.07. The summed E-state index contributed by atoms with van der Waals surface area (Å²) in [6.07, 6.45) is 1.08. The summed E-state index contributed by atoms with van der Waals surface area (Å²) in [4.78, 5) is 11.1. The van der Waals surface area contributed by atoms with Crippen LogP contribution in [-0.2, 0) is 0 Å². The molecule has 19 heavy (non-hydrogen) atoms. The number of hydrogen-bond donors (Lipinski definition) is 1. The van der Waals surface area contributed by atoms with Crippen molar-refractivity contribution in [2.75, 3.05) is 0 Å². The molecule has 2 aromatic rings. The van der Waals surface area contributed by atoms with E-state index in [-0.39, 0.29) is 5.69 Å². The maximum absolute atomic E-state index is 11.1. The van der Waals surface area contributed by atoms with Gasteiger partial charge in [0, 0.05) is 0 Å². The second-order valence-electron chi connectivity index (χ2n) is 4.70. The second kappa shape index (κ2) is 5.26. The second-order valence-corrected chi connectivity index (χ2v) is 4.70. The zero-order chi connectivity index (χ0) is 14.0. The van der Waals surface area contributed by atoms with E-state index in [0.29, 0.717) is 17.2 Å². The molecule has 1 atom stereocenters. The number of aryl methyl sites for hydroxylation is 1. The third-order valence-corrected chi connectivity index (χ3v) is 3.45. The Morgan fingerprint density at radius 1 is 1.37 bits per heavy atom. The van der Waals surface area contributed by atoms with E-state index in [2.05, 4.69) is 19.0 Å². The van der Waals surface area contributed by atoms with Crippen molar-refractivity contribution in [2.24, 2.45) is 0 Å². The van der Waals surface area contributed by atoms with Gasteiger partial charge in [-0.25, -0.2) is 4.79 Å². The number of aromatic nitrogens is 1. The highest BCUT2D eigenvalue weighted by Crippen LogP contribution is 2.29. The molecule has 1 N–H and O–H groups in total. The van der Waals surface area contributed by atoms with Crippen molar-refractivity contribution in [3.8, 4) is 11.1 Å². The lowest BCUT2D eigenvalue weighted by atomic mass is 9.95. The minimum Gasteiger partial charge on any atom is -0.476 e. The molecule has 0 aliphatic heterocycles.